The molecule has 2 aliphatic rings. The zero-order valence-corrected chi connectivity index (χ0v) is 38.2. The number of carbonyl (C=O) groups excluding carboxylic acids is 2. The summed E-state index contributed by atoms with van der Waals surface area (Å²) in [4.78, 5) is 32.2. The van der Waals surface area contributed by atoms with E-state index >= 15 is 0 Å². The average molecular weight is 951 g/mol. The molecule has 23 nitrogen and oxygen atoms in total. The minimum absolute atomic E-state index is 0.0842. The molecule has 0 unspecified atom stereocenters. The normalized spacial score (nSPS) is 26.1. The van der Waals surface area contributed by atoms with Gasteiger partial charge in [-0.3, -0.25) is 23.2 Å². The fraction of sp³-hybridized carbons (Fsp3) is 0.579. The summed E-state index contributed by atoms with van der Waals surface area (Å²) >= 11 is 2.01. The van der Waals surface area contributed by atoms with Crippen molar-refractivity contribution in [3.05, 3.63) is 48.3 Å². The van der Waals surface area contributed by atoms with Gasteiger partial charge in [0.25, 0.3) is 0 Å². The lowest BCUT2D eigenvalue weighted by Crippen LogP contribution is -2.41. The minimum Gasteiger partial charge on any atom is -0.394 e. The maximum Gasteiger partial charge on any atom is 0.474 e. The van der Waals surface area contributed by atoms with E-state index in [1.54, 1.807) is 47.6 Å². The van der Waals surface area contributed by atoms with Crippen molar-refractivity contribution in [2.75, 3.05) is 49.4 Å². The van der Waals surface area contributed by atoms with E-state index in [2.05, 4.69) is 20.2 Å². The Morgan fingerprint density at radius 3 is 1.55 bits per heavy atom. The number of fused-ring (bicyclic) bond motifs is 2. The number of nitrogen functional groups attached to an aromatic ring is 2. The lowest BCUT2D eigenvalue weighted by Gasteiger charge is -2.24. The molecule has 348 valence electrons. The standard InChI is InChI=1S/C26H38N5O9PS2.C12H13N5O4/c1-24(2,3)22(34)42-11-9-37-41(36,38-10-12-43-23(35)25(4,5)6)39-13-17-19(32)20(33)26(14-27,40-17)18-8-7-16-21(28)29-15-30-31(16)18;13-4-12(10(20)9(19)7(3-18)21-12)8-2-1-6-11(14)15-5-16-17(6)8/h7-8,15,17,19-20,32-33H,9-13H2,1-6H3,(H2,28,29,30);1-2,5,7,9-10,18-20H,3H2,(H2,14,15,16)/t17-,19-,20-,26+;7-,9-,10-,12+/m11/s1. The molecule has 2 saturated heterocycles. The molecule has 2 fully saturated rings. The number of aliphatic hydroxyl groups is 5. The predicted octanol–water partition coefficient (Wildman–Crippen LogP) is 1.06. The van der Waals surface area contributed by atoms with Crippen LogP contribution in [0.3, 0.4) is 0 Å². The summed E-state index contributed by atoms with van der Waals surface area (Å²) in [5, 5.41) is 78.6. The first-order valence-electron chi connectivity index (χ1n) is 19.6. The summed E-state index contributed by atoms with van der Waals surface area (Å²) in [5.41, 5.74) is 7.61. The molecule has 64 heavy (non-hydrogen) atoms. The number of phosphoric ester groups is 1. The second-order valence-corrected chi connectivity index (χ2v) is 20.4. The largest absolute Gasteiger partial charge is 0.474 e. The third-order valence-corrected chi connectivity index (χ3v) is 13.9. The van der Waals surface area contributed by atoms with Gasteiger partial charge in [-0.1, -0.05) is 65.1 Å². The van der Waals surface area contributed by atoms with Crippen LogP contribution in [-0.4, -0.2) is 140 Å². The Balaban J connectivity index is 0.000000303. The van der Waals surface area contributed by atoms with E-state index in [4.69, 9.17) is 34.5 Å². The Labute approximate surface area is 375 Å². The van der Waals surface area contributed by atoms with Crippen LogP contribution in [0.1, 0.15) is 52.9 Å². The van der Waals surface area contributed by atoms with E-state index in [-0.39, 0.29) is 58.0 Å². The van der Waals surface area contributed by atoms with Crippen LogP contribution in [0.5, 0.6) is 0 Å². The monoisotopic (exact) mass is 950 g/mol. The SMILES string of the molecule is CC(C)(C)C(=O)SCCOP(=O)(OCCSC(=O)C(C)(C)C)OC[C@H]1O[C@@](C#N)(c2ccc3c(N)ncnn23)[C@H](O)[C@@H]1O.N#C[C@@]1(c2ccc3c(N)ncnn23)O[C@H](CO)[C@@H](O)[C@H]1O. The molecule has 6 heterocycles. The molecule has 6 rings (SSSR count). The van der Waals surface area contributed by atoms with Crippen LogP contribution in [0, 0.1) is 33.5 Å². The maximum absolute atomic E-state index is 13.6. The van der Waals surface area contributed by atoms with Gasteiger partial charge in [-0.2, -0.15) is 20.7 Å². The molecular formula is C38H51N10O13PS2. The van der Waals surface area contributed by atoms with Crippen LogP contribution in [0.2, 0.25) is 0 Å². The Morgan fingerprint density at radius 2 is 1.17 bits per heavy atom. The van der Waals surface area contributed by atoms with Gasteiger partial charge in [0.2, 0.25) is 11.2 Å². The van der Waals surface area contributed by atoms with Crippen LogP contribution in [0.25, 0.3) is 11.0 Å². The lowest BCUT2D eigenvalue weighted by molar-refractivity contribution is -0.118. The highest BCUT2D eigenvalue weighted by atomic mass is 32.2. The molecule has 0 bridgehead atoms. The third-order valence-electron chi connectivity index (χ3n) is 9.91. The Bertz CT molecular complexity index is 2410. The van der Waals surface area contributed by atoms with Crippen LogP contribution in [-0.2, 0) is 48.4 Å². The molecule has 26 heteroatoms. The van der Waals surface area contributed by atoms with Gasteiger partial charge in [-0.15, -0.1) is 0 Å². The van der Waals surface area contributed by atoms with Crippen molar-refractivity contribution >= 4 is 64.2 Å². The van der Waals surface area contributed by atoms with Gasteiger partial charge < -0.3 is 46.5 Å². The summed E-state index contributed by atoms with van der Waals surface area (Å²) in [6, 6.07) is 9.89. The molecule has 4 aromatic rings. The Hall–Kier alpha value is -4.31. The number of hydrogen-bond donors (Lipinski definition) is 7. The number of aromatic nitrogens is 6. The molecule has 0 radical (unpaired) electrons. The van der Waals surface area contributed by atoms with E-state index in [1.807, 2.05) is 12.1 Å². The predicted molar refractivity (Wildman–Crippen MR) is 230 cm³/mol. The third kappa shape index (κ3) is 10.4. The summed E-state index contributed by atoms with van der Waals surface area (Å²) in [6.07, 6.45) is -6.34. The van der Waals surface area contributed by atoms with Gasteiger partial charge in [-0.05, 0) is 24.3 Å². The molecule has 4 aromatic heterocycles. The number of phosphoric acid groups is 1. The van der Waals surface area contributed by atoms with E-state index in [0.29, 0.717) is 11.0 Å². The molecule has 0 spiro atoms. The van der Waals surface area contributed by atoms with Gasteiger partial charge in [0.15, 0.2) is 21.9 Å². The van der Waals surface area contributed by atoms with Gasteiger partial charge in [-0.25, -0.2) is 23.6 Å². The quantitative estimate of drug-likeness (QED) is 0.0686. The number of nitriles is 2. The van der Waals surface area contributed by atoms with Crippen molar-refractivity contribution in [3.8, 4) is 12.1 Å². The van der Waals surface area contributed by atoms with E-state index < -0.39 is 79.7 Å². The first kappa shape index (κ1) is 50.7. The van der Waals surface area contributed by atoms with Crippen molar-refractivity contribution in [1.29, 1.82) is 10.5 Å². The highest BCUT2D eigenvalue weighted by Crippen LogP contribution is 2.51. The fourth-order valence-corrected chi connectivity index (χ4v) is 9.39. The average Bonchev–Trinajstić information content (AvgIpc) is 4.01. The first-order valence-corrected chi connectivity index (χ1v) is 23.0. The number of nitrogens with zero attached hydrogens (tertiary/aromatic N) is 8. The number of hydrogen-bond acceptors (Lipinski definition) is 23. The Kier molecular flexibility index (Phi) is 15.9. The van der Waals surface area contributed by atoms with Crippen molar-refractivity contribution in [2.24, 2.45) is 10.8 Å². The maximum atomic E-state index is 13.6. The van der Waals surface area contributed by atoms with Crippen LogP contribution >= 0.6 is 31.3 Å². The minimum atomic E-state index is -4.32. The second-order valence-electron chi connectivity index (χ2n) is 16.6. The van der Waals surface area contributed by atoms with Gasteiger partial charge >= 0.3 is 7.82 Å². The van der Waals surface area contributed by atoms with E-state index in [1.165, 1.54) is 39.9 Å². The molecular weight excluding hydrogens is 900 g/mol. The second kappa shape index (κ2) is 20.1. The molecule has 2 aliphatic heterocycles. The summed E-state index contributed by atoms with van der Waals surface area (Å²) in [7, 11) is -4.32. The van der Waals surface area contributed by atoms with Crippen molar-refractivity contribution in [3.63, 3.8) is 0 Å². The summed E-state index contributed by atoms with van der Waals surface area (Å²) in [5.74, 6) is 0.655. The van der Waals surface area contributed by atoms with Gasteiger partial charge in [0, 0.05) is 22.3 Å². The lowest BCUT2D eigenvalue weighted by atomic mass is 9.92. The van der Waals surface area contributed by atoms with E-state index in [0.717, 1.165) is 23.5 Å². The molecule has 8 atom stereocenters. The smallest absolute Gasteiger partial charge is 0.394 e. The van der Waals surface area contributed by atoms with Crippen LogP contribution in [0.4, 0.5) is 11.6 Å². The first-order chi connectivity index (χ1) is 30.0. The van der Waals surface area contributed by atoms with Gasteiger partial charge in [0.05, 0.1) is 37.8 Å². The highest BCUT2D eigenvalue weighted by molar-refractivity contribution is 8.14. The van der Waals surface area contributed by atoms with E-state index in [9.17, 15) is 50.2 Å². The molecule has 0 saturated carbocycles. The van der Waals surface area contributed by atoms with Crippen LogP contribution in [0.15, 0.2) is 36.9 Å². The number of anilines is 2. The molecule has 0 aromatic carbocycles. The van der Waals surface area contributed by atoms with Crippen molar-refractivity contribution in [1.82, 2.24) is 29.2 Å². The molecule has 0 amide bonds. The number of aliphatic hydroxyl groups excluding tert-OH is 5. The number of carbonyl (C=O) groups is 2. The van der Waals surface area contributed by atoms with Crippen LogP contribution < -0.4 is 11.5 Å². The zero-order valence-electron chi connectivity index (χ0n) is 35.7. The molecule has 0 aliphatic carbocycles. The number of ether oxygens (including phenoxy) is 2. The highest BCUT2D eigenvalue weighted by Gasteiger charge is 2.59. The van der Waals surface area contributed by atoms with Gasteiger partial charge in [0.1, 0.15) is 72.5 Å². The number of thioether (sulfide) groups is 2. The Morgan fingerprint density at radius 1 is 0.766 bits per heavy atom. The number of nitrogens with two attached hydrogens (primary N) is 2. The molecule has 9 N–H and O–H groups in total. The summed E-state index contributed by atoms with van der Waals surface area (Å²) in [6.45, 7) is 9.19. The zero-order chi connectivity index (χ0) is 47.4. The fourth-order valence-electron chi connectivity index (χ4n) is 6.39. The number of rotatable bonds is 14. The van der Waals surface area contributed by atoms with Crippen molar-refractivity contribution < 1.29 is 62.7 Å². The topological polar surface area (TPSA) is 359 Å². The summed E-state index contributed by atoms with van der Waals surface area (Å²) < 4.78 is 43.9. The van der Waals surface area contributed by atoms with Crippen molar-refractivity contribution in [2.45, 2.75) is 89.4 Å².